The molecule has 0 spiro atoms. The summed E-state index contributed by atoms with van der Waals surface area (Å²) in [6, 6.07) is 12.8. The van der Waals surface area contributed by atoms with E-state index in [1.807, 2.05) is 37.3 Å². The maximum atomic E-state index is 12.6. The van der Waals surface area contributed by atoms with E-state index in [2.05, 4.69) is 10.3 Å². The molecule has 1 aromatic carbocycles. The van der Waals surface area contributed by atoms with Crippen LogP contribution in [0, 0.1) is 0 Å². The molecule has 130 valence electrons. The zero-order valence-corrected chi connectivity index (χ0v) is 13.9. The average molecular weight is 340 g/mol. The van der Waals surface area contributed by atoms with Gasteiger partial charge in [-0.05, 0) is 24.1 Å². The molecule has 7 nitrogen and oxygen atoms in total. The average Bonchev–Trinajstić information content (AvgIpc) is 2.63. The number of anilines is 2. The second-order valence-corrected chi connectivity index (χ2v) is 5.76. The van der Waals surface area contributed by atoms with Crippen molar-refractivity contribution in [2.45, 2.75) is 26.0 Å². The molecule has 25 heavy (non-hydrogen) atoms. The Morgan fingerprint density at radius 2 is 2.04 bits per heavy atom. The van der Waals surface area contributed by atoms with E-state index < -0.39 is 6.10 Å². The van der Waals surface area contributed by atoms with Gasteiger partial charge in [-0.2, -0.15) is 0 Å². The van der Waals surface area contributed by atoms with Gasteiger partial charge in [0.25, 0.3) is 5.91 Å². The largest absolute Gasteiger partial charge is 0.477 e. The minimum absolute atomic E-state index is 0.130. The van der Waals surface area contributed by atoms with Crippen LogP contribution in [0.15, 0.2) is 42.5 Å². The number of nitrogen functional groups attached to an aromatic ring is 1. The Hall–Kier alpha value is -3.09. The molecule has 0 radical (unpaired) electrons. The number of pyridine rings is 1. The standard InChI is InChI=1S/C18H20N4O3/c1-2-13-18(24)22(17-14(25-13)8-9-15(19)21-17)11-16(23)20-10-12-6-4-3-5-7-12/h3-9,13H,2,10-11H2,1H3,(H2,19,21)(H,20,23). The molecule has 1 atom stereocenters. The third-order valence-corrected chi connectivity index (χ3v) is 3.93. The van der Waals surface area contributed by atoms with Gasteiger partial charge >= 0.3 is 0 Å². The number of nitrogens with zero attached hydrogens (tertiary/aromatic N) is 2. The fraction of sp³-hybridized carbons (Fsp3) is 0.278. The summed E-state index contributed by atoms with van der Waals surface area (Å²) in [5.41, 5.74) is 6.70. The number of nitrogens with two attached hydrogens (primary N) is 1. The summed E-state index contributed by atoms with van der Waals surface area (Å²) < 4.78 is 5.65. The summed E-state index contributed by atoms with van der Waals surface area (Å²) in [4.78, 5) is 30.4. The zero-order chi connectivity index (χ0) is 17.8. The summed E-state index contributed by atoms with van der Waals surface area (Å²) in [5, 5.41) is 2.81. The van der Waals surface area contributed by atoms with Crippen molar-refractivity contribution in [3.05, 3.63) is 48.0 Å². The second-order valence-electron chi connectivity index (χ2n) is 5.76. The minimum atomic E-state index is -0.625. The van der Waals surface area contributed by atoms with E-state index in [9.17, 15) is 9.59 Å². The highest BCUT2D eigenvalue weighted by atomic mass is 16.5. The molecule has 0 fully saturated rings. The van der Waals surface area contributed by atoms with E-state index in [0.29, 0.717) is 18.7 Å². The van der Waals surface area contributed by atoms with Crippen molar-refractivity contribution in [2.24, 2.45) is 0 Å². The Morgan fingerprint density at radius 3 is 2.76 bits per heavy atom. The molecule has 1 unspecified atom stereocenters. The van der Waals surface area contributed by atoms with Gasteiger partial charge in [0.15, 0.2) is 17.7 Å². The molecule has 2 amide bonds. The van der Waals surface area contributed by atoms with Gasteiger partial charge in [0.1, 0.15) is 12.4 Å². The van der Waals surface area contributed by atoms with E-state index in [0.717, 1.165) is 5.56 Å². The van der Waals surface area contributed by atoms with Crippen LogP contribution in [-0.4, -0.2) is 29.4 Å². The highest BCUT2D eigenvalue weighted by molar-refractivity contribution is 6.03. The van der Waals surface area contributed by atoms with Gasteiger partial charge in [0, 0.05) is 6.54 Å². The molecule has 1 aromatic heterocycles. The number of hydrogen-bond donors (Lipinski definition) is 2. The molecule has 1 aliphatic heterocycles. The van der Waals surface area contributed by atoms with E-state index in [1.165, 1.54) is 4.90 Å². The summed E-state index contributed by atoms with van der Waals surface area (Å²) in [6.45, 7) is 2.12. The fourth-order valence-corrected chi connectivity index (χ4v) is 2.62. The summed E-state index contributed by atoms with van der Waals surface area (Å²) in [7, 11) is 0. The third kappa shape index (κ3) is 3.71. The summed E-state index contributed by atoms with van der Waals surface area (Å²) in [5.74, 6) is 0.438. The molecule has 3 rings (SSSR count). The van der Waals surface area contributed by atoms with Gasteiger partial charge in [-0.15, -0.1) is 0 Å². The number of benzene rings is 1. The van der Waals surface area contributed by atoms with Crippen molar-refractivity contribution in [3.8, 4) is 5.75 Å². The van der Waals surface area contributed by atoms with Crippen LogP contribution >= 0.6 is 0 Å². The number of aromatic nitrogens is 1. The zero-order valence-electron chi connectivity index (χ0n) is 13.9. The van der Waals surface area contributed by atoms with Crippen LogP contribution in [0.1, 0.15) is 18.9 Å². The summed E-state index contributed by atoms with van der Waals surface area (Å²) >= 11 is 0. The van der Waals surface area contributed by atoms with Gasteiger partial charge in [-0.1, -0.05) is 37.3 Å². The SMILES string of the molecule is CCC1Oc2ccc(N)nc2N(CC(=O)NCc2ccccc2)C1=O. The van der Waals surface area contributed by atoms with Crippen LogP contribution in [0.3, 0.4) is 0 Å². The van der Waals surface area contributed by atoms with E-state index in [-0.39, 0.29) is 30.0 Å². The fourth-order valence-electron chi connectivity index (χ4n) is 2.62. The van der Waals surface area contributed by atoms with Crippen molar-refractivity contribution < 1.29 is 14.3 Å². The number of nitrogens with one attached hydrogen (secondary N) is 1. The number of amides is 2. The van der Waals surface area contributed by atoms with Crippen molar-refractivity contribution >= 4 is 23.5 Å². The predicted octanol–water partition coefficient (Wildman–Crippen LogP) is 1.48. The Labute approximate surface area is 145 Å². The molecule has 2 aromatic rings. The van der Waals surface area contributed by atoms with Crippen molar-refractivity contribution in [2.75, 3.05) is 17.2 Å². The number of carbonyl (C=O) groups is 2. The second kappa shape index (κ2) is 7.21. The number of hydrogen-bond acceptors (Lipinski definition) is 5. The highest BCUT2D eigenvalue weighted by Gasteiger charge is 2.35. The van der Waals surface area contributed by atoms with Crippen LogP contribution in [-0.2, 0) is 16.1 Å². The van der Waals surface area contributed by atoms with Crippen molar-refractivity contribution in [3.63, 3.8) is 0 Å². The first-order chi connectivity index (χ1) is 12.1. The third-order valence-electron chi connectivity index (χ3n) is 3.93. The number of rotatable bonds is 5. The van der Waals surface area contributed by atoms with Gasteiger partial charge in [0.2, 0.25) is 5.91 Å². The van der Waals surface area contributed by atoms with Gasteiger partial charge < -0.3 is 15.8 Å². The molecule has 0 bridgehead atoms. The quantitative estimate of drug-likeness (QED) is 0.859. The van der Waals surface area contributed by atoms with E-state index >= 15 is 0 Å². The Bertz CT molecular complexity index is 779. The van der Waals surface area contributed by atoms with Crippen LogP contribution < -0.4 is 20.7 Å². The maximum absolute atomic E-state index is 12.6. The lowest BCUT2D eigenvalue weighted by Gasteiger charge is -2.32. The van der Waals surface area contributed by atoms with Crippen LogP contribution in [0.5, 0.6) is 5.75 Å². The lowest BCUT2D eigenvalue weighted by Crippen LogP contribution is -2.50. The first-order valence-electron chi connectivity index (χ1n) is 8.13. The molecule has 1 aliphatic rings. The molecular weight excluding hydrogens is 320 g/mol. The van der Waals surface area contributed by atoms with Gasteiger partial charge in [-0.3, -0.25) is 14.5 Å². The Kier molecular flexibility index (Phi) is 4.83. The first-order valence-corrected chi connectivity index (χ1v) is 8.13. The summed E-state index contributed by atoms with van der Waals surface area (Å²) in [6.07, 6.45) is -0.120. The molecule has 3 N–H and O–H groups in total. The lowest BCUT2D eigenvalue weighted by molar-refractivity contribution is -0.129. The van der Waals surface area contributed by atoms with E-state index in [4.69, 9.17) is 10.5 Å². The Morgan fingerprint density at radius 1 is 1.28 bits per heavy atom. The molecule has 0 saturated carbocycles. The molecule has 2 heterocycles. The van der Waals surface area contributed by atoms with Crippen LogP contribution in [0.2, 0.25) is 0 Å². The van der Waals surface area contributed by atoms with Crippen LogP contribution in [0.4, 0.5) is 11.6 Å². The van der Waals surface area contributed by atoms with Crippen LogP contribution in [0.25, 0.3) is 0 Å². The maximum Gasteiger partial charge on any atom is 0.269 e. The van der Waals surface area contributed by atoms with Crippen molar-refractivity contribution in [1.29, 1.82) is 0 Å². The molecular formula is C18H20N4O3. The molecule has 7 heteroatoms. The first kappa shape index (κ1) is 16.8. The van der Waals surface area contributed by atoms with Gasteiger partial charge in [0.05, 0.1) is 0 Å². The molecule has 0 aliphatic carbocycles. The number of carbonyl (C=O) groups excluding carboxylic acids is 2. The smallest absolute Gasteiger partial charge is 0.269 e. The predicted molar refractivity (Wildman–Crippen MR) is 94.0 cm³/mol. The molecule has 0 saturated heterocycles. The minimum Gasteiger partial charge on any atom is -0.477 e. The van der Waals surface area contributed by atoms with E-state index in [1.54, 1.807) is 12.1 Å². The normalized spacial score (nSPS) is 16.1. The van der Waals surface area contributed by atoms with Crippen molar-refractivity contribution in [1.82, 2.24) is 10.3 Å². The topological polar surface area (TPSA) is 97.6 Å². The lowest BCUT2D eigenvalue weighted by atomic mass is 10.2. The highest BCUT2D eigenvalue weighted by Crippen LogP contribution is 2.33. The Balaban J connectivity index is 1.74. The number of fused-ring (bicyclic) bond motifs is 1. The van der Waals surface area contributed by atoms with Gasteiger partial charge in [-0.25, -0.2) is 4.98 Å². The monoisotopic (exact) mass is 340 g/mol. The number of ether oxygens (including phenoxy) is 1.